The molecule has 0 aliphatic carbocycles. The summed E-state index contributed by atoms with van der Waals surface area (Å²) < 4.78 is 9.93. The topological polar surface area (TPSA) is 99.8 Å². The number of aromatic amines is 1. The molecule has 1 amide bonds. The Hall–Kier alpha value is -2.38. The third-order valence-corrected chi connectivity index (χ3v) is 3.57. The molecule has 0 atom stereocenters. The quantitative estimate of drug-likeness (QED) is 0.645. The van der Waals surface area contributed by atoms with Crippen LogP contribution in [0.1, 0.15) is 12.5 Å². The number of anilines is 3. The number of amides is 1. The number of hydrogen-bond donors (Lipinski definition) is 3. The average Bonchev–Trinajstić information content (AvgIpc) is 2.56. The first-order chi connectivity index (χ1) is 11.5. The van der Waals surface area contributed by atoms with Crippen LogP contribution in [0, 0.1) is 0 Å². The lowest BCUT2D eigenvalue weighted by Crippen LogP contribution is -3.00. The molecule has 0 fully saturated rings. The van der Waals surface area contributed by atoms with Gasteiger partial charge in [-0.05, 0) is 25.1 Å². The van der Waals surface area contributed by atoms with E-state index in [0.717, 1.165) is 5.56 Å². The van der Waals surface area contributed by atoms with Gasteiger partial charge in [-0.3, -0.25) is 5.32 Å². The number of methoxy groups -OCH3 is 1. The van der Waals surface area contributed by atoms with Gasteiger partial charge in [0.1, 0.15) is 11.4 Å². The standard InChI is InChI=1S/C16H19ClN4O3.ClH/c1-3-24-16(22)20-13-6-7-14(21-15(13)18)19-9-10-4-5-11(23-2)8-12(10)17;/h4-8H,3,9H2,1-2H3,(H,20,22)(H3,18,19,21);1H. The highest BCUT2D eigenvalue weighted by molar-refractivity contribution is 6.31. The van der Waals surface area contributed by atoms with Crippen LogP contribution in [0.15, 0.2) is 30.3 Å². The molecule has 5 N–H and O–H groups in total. The third-order valence-electron chi connectivity index (χ3n) is 3.22. The van der Waals surface area contributed by atoms with E-state index in [9.17, 15) is 4.79 Å². The van der Waals surface area contributed by atoms with Crippen molar-refractivity contribution in [2.45, 2.75) is 13.5 Å². The number of nitrogen functional groups attached to an aromatic ring is 1. The van der Waals surface area contributed by atoms with Gasteiger partial charge in [-0.2, -0.15) is 0 Å². The number of benzene rings is 1. The van der Waals surface area contributed by atoms with Crippen LogP contribution >= 0.6 is 11.6 Å². The van der Waals surface area contributed by atoms with Gasteiger partial charge in [-0.25, -0.2) is 9.78 Å². The lowest BCUT2D eigenvalue weighted by atomic mass is 10.2. The second-order valence-corrected chi connectivity index (χ2v) is 5.26. The maximum absolute atomic E-state index is 11.4. The monoisotopic (exact) mass is 386 g/mol. The fourth-order valence-corrected chi connectivity index (χ4v) is 2.23. The minimum atomic E-state index is -0.552. The highest BCUT2D eigenvalue weighted by atomic mass is 35.5. The number of carbonyl (C=O) groups is 1. The summed E-state index contributed by atoms with van der Waals surface area (Å²) in [7, 11) is 1.59. The number of H-pyrrole nitrogens is 1. The van der Waals surface area contributed by atoms with Crippen molar-refractivity contribution >= 4 is 35.0 Å². The van der Waals surface area contributed by atoms with Crippen LogP contribution in [0.4, 0.5) is 22.1 Å². The van der Waals surface area contributed by atoms with Crippen LogP contribution < -0.4 is 38.5 Å². The fraction of sp³-hybridized carbons (Fsp3) is 0.250. The second kappa shape index (κ2) is 9.80. The molecule has 0 aliphatic rings. The Bertz CT molecular complexity index is 729. The molecule has 0 saturated heterocycles. The first-order valence-electron chi connectivity index (χ1n) is 7.35. The van der Waals surface area contributed by atoms with Gasteiger partial charge in [-0.15, -0.1) is 0 Å². The molecule has 7 nitrogen and oxygen atoms in total. The number of ether oxygens (including phenoxy) is 2. The summed E-state index contributed by atoms with van der Waals surface area (Å²) in [6, 6.07) is 8.92. The van der Waals surface area contributed by atoms with Crippen molar-refractivity contribution in [2.75, 3.05) is 30.1 Å². The van der Waals surface area contributed by atoms with Gasteiger partial charge in [0, 0.05) is 11.6 Å². The van der Waals surface area contributed by atoms with E-state index < -0.39 is 6.09 Å². The van der Waals surface area contributed by atoms with E-state index in [1.807, 2.05) is 12.1 Å². The summed E-state index contributed by atoms with van der Waals surface area (Å²) in [6.07, 6.45) is -0.552. The summed E-state index contributed by atoms with van der Waals surface area (Å²) in [5.74, 6) is 1.71. The van der Waals surface area contributed by atoms with Crippen LogP contribution in [0.3, 0.4) is 0 Å². The molecule has 9 heteroatoms. The smallest absolute Gasteiger partial charge is 0.411 e. The highest BCUT2D eigenvalue weighted by Crippen LogP contribution is 2.23. The Morgan fingerprint density at radius 1 is 1.32 bits per heavy atom. The number of nitrogens with two attached hydrogens (primary N) is 1. The Kier molecular flexibility index (Phi) is 8.10. The molecule has 1 aromatic heterocycles. The number of nitrogens with one attached hydrogen (secondary N) is 3. The Morgan fingerprint density at radius 3 is 2.68 bits per heavy atom. The van der Waals surface area contributed by atoms with Crippen LogP contribution in [0.5, 0.6) is 5.75 Å². The van der Waals surface area contributed by atoms with E-state index in [1.165, 1.54) is 0 Å². The largest absolute Gasteiger partial charge is 1.00 e. The van der Waals surface area contributed by atoms with Crippen molar-refractivity contribution in [3.05, 3.63) is 40.9 Å². The normalized spacial score (nSPS) is 9.72. The van der Waals surface area contributed by atoms with Crippen molar-refractivity contribution < 1.29 is 31.7 Å². The number of pyridine rings is 1. The van der Waals surface area contributed by atoms with E-state index in [2.05, 4.69) is 15.6 Å². The molecule has 0 spiro atoms. The van der Waals surface area contributed by atoms with Crippen LogP contribution in [-0.4, -0.2) is 19.8 Å². The third kappa shape index (κ3) is 5.88. The number of aromatic nitrogens is 1. The Labute approximate surface area is 157 Å². The SMILES string of the molecule is CCOC(=O)Nc1ccc(NCc2ccc(OC)cc2Cl)[nH+]c1N.[Cl-]. The molecular weight excluding hydrogens is 367 g/mol. The molecule has 1 heterocycles. The number of halogens is 2. The fourth-order valence-electron chi connectivity index (χ4n) is 1.99. The van der Waals surface area contributed by atoms with E-state index >= 15 is 0 Å². The lowest BCUT2D eigenvalue weighted by molar-refractivity contribution is -0.342. The maximum atomic E-state index is 11.4. The minimum absolute atomic E-state index is 0. The van der Waals surface area contributed by atoms with Crippen LogP contribution in [-0.2, 0) is 11.3 Å². The molecular formula is C16H20Cl2N4O3. The summed E-state index contributed by atoms with van der Waals surface area (Å²) in [5.41, 5.74) is 7.25. The van der Waals surface area contributed by atoms with Crippen LogP contribution in [0.2, 0.25) is 5.02 Å². The first-order valence-corrected chi connectivity index (χ1v) is 7.73. The summed E-state index contributed by atoms with van der Waals surface area (Å²) in [4.78, 5) is 14.4. The first kappa shape index (κ1) is 20.7. The van der Waals surface area contributed by atoms with Crippen LogP contribution in [0.25, 0.3) is 0 Å². The molecule has 0 unspecified atom stereocenters. The van der Waals surface area contributed by atoms with Gasteiger partial charge >= 0.3 is 6.09 Å². The highest BCUT2D eigenvalue weighted by Gasteiger charge is 2.11. The maximum Gasteiger partial charge on any atom is 0.411 e. The molecule has 136 valence electrons. The van der Waals surface area contributed by atoms with Gasteiger partial charge in [-0.1, -0.05) is 17.7 Å². The van der Waals surface area contributed by atoms with Gasteiger partial charge in [0.25, 0.3) is 0 Å². The number of rotatable bonds is 6. The minimum Gasteiger partial charge on any atom is -1.00 e. The molecule has 0 radical (unpaired) electrons. The number of hydrogen-bond acceptors (Lipinski definition) is 5. The summed E-state index contributed by atoms with van der Waals surface area (Å²) in [5, 5.41) is 6.34. The zero-order valence-electron chi connectivity index (χ0n) is 13.9. The van der Waals surface area contributed by atoms with Crippen molar-refractivity contribution in [3.8, 4) is 5.75 Å². The summed E-state index contributed by atoms with van der Waals surface area (Å²) in [6.45, 7) is 2.52. The Balaban J connectivity index is 0.00000312. The average molecular weight is 387 g/mol. The molecule has 2 rings (SSSR count). The van der Waals surface area contributed by atoms with E-state index in [1.54, 1.807) is 32.2 Å². The van der Waals surface area contributed by atoms with Gasteiger partial charge in [0.2, 0.25) is 11.6 Å². The van der Waals surface area contributed by atoms with Crippen molar-refractivity contribution in [3.63, 3.8) is 0 Å². The zero-order chi connectivity index (χ0) is 17.5. The van der Waals surface area contributed by atoms with Crippen molar-refractivity contribution in [2.24, 2.45) is 0 Å². The number of carbonyl (C=O) groups excluding carboxylic acids is 1. The van der Waals surface area contributed by atoms with Crippen molar-refractivity contribution in [1.29, 1.82) is 0 Å². The Morgan fingerprint density at radius 2 is 2.08 bits per heavy atom. The molecule has 0 saturated carbocycles. The van der Waals surface area contributed by atoms with Gasteiger partial charge in [0.15, 0.2) is 0 Å². The lowest BCUT2D eigenvalue weighted by Gasteiger charge is -2.08. The predicted octanol–water partition coefficient (Wildman–Crippen LogP) is -0.0706. The van der Waals surface area contributed by atoms with E-state index in [-0.39, 0.29) is 19.0 Å². The van der Waals surface area contributed by atoms with Gasteiger partial charge in [0.05, 0.1) is 25.3 Å². The summed E-state index contributed by atoms with van der Waals surface area (Å²) >= 11 is 6.20. The van der Waals surface area contributed by atoms with E-state index in [4.69, 9.17) is 26.8 Å². The van der Waals surface area contributed by atoms with Crippen molar-refractivity contribution in [1.82, 2.24) is 0 Å². The zero-order valence-corrected chi connectivity index (χ0v) is 15.4. The molecule has 1 aromatic carbocycles. The second-order valence-electron chi connectivity index (χ2n) is 4.86. The molecule has 25 heavy (non-hydrogen) atoms. The molecule has 0 aliphatic heterocycles. The van der Waals surface area contributed by atoms with Gasteiger partial charge < -0.3 is 32.9 Å². The molecule has 2 aromatic rings. The predicted molar refractivity (Wildman–Crippen MR) is 93.4 cm³/mol. The van der Waals surface area contributed by atoms with E-state index in [0.29, 0.717) is 34.6 Å². The molecule has 0 bridgehead atoms.